The SMILES string of the molecule is O=P(=O)c1cc[nH]n1. The van der Waals surface area contributed by atoms with Crippen LogP contribution >= 0.6 is 7.68 Å². The highest BCUT2D eigenvalue weighted by Crippen LogP contribution is 1.97. The first kappa shape index (κ1) is 5.25. The molecule has 0 saturated heterocycles. The maximum absolute atomic E-state index is 10.0. The average Bonchev–Trinajstić information content (AvgIpc) is 2.12. The summed E-state index contributed by atoms with van der Waals surface area (Å²) in [5.41, 5.74) is 0.0833. The van der Waals surface area contributed by atoms with Crippen LogP contribution in [0.25, 0.3) is 0 Å². The first-order valence-corrected chi connectivity index (χ1v) is 3.12. The molecule has 1 aromatic heterocycles. The monoisotopic (exact) mass is 130 g/mol. The quantitative estimate of drug-likeness (QED) is 0.552. The zero-order valence-corrected chi connectivity index (χ0v) is 4.76. The minimum atomic E-state index is -2.50. The molecule has 8 heavy (non-hydrogen) atoms. The van der Waals surface area contributed by atoms with E-state index in [-0.39, 0.29) is 5.44 Å². The Bertz CT molecular complexity index is 217. The molecule has 0 aliphatic heterocycles. The van der Waals surface area contributed by atoms with E-state index in [0.29, 0.717) is 0 Å². The van der Waals surface area contributed by atoms with Crippen molar-refractivity contribution in [2.24, 2.45) is 0 Å². The number of hydrogen-bond acceptors (Lipinski definition) is 3. The van der Waals surface area contributed by atoms with E-state index >= 15 is 0 Å². The number of rotatable bonds is 1. The van der Waals surface area contributed by atoms with Crippen molar-refractivity contribution >= 4 is 13.1 Å². The summed E-state index contributed by atoms with van der Waals surface area (Å²) in [7, 11) is -2.50. The topological polar surface area (TPSA) is 62.8 Å². The van der Waals surface area contributed by atoms with Crippen molar-refractivity contribution in [2.75, 3.05) is 0 Å². The summed E-state index contributed by atoms with van der Waals surface area (Å²) in [6.45, 7) is 0. The molecule has 0 atom stereocenters. The maximum Gasteiger partial charge on any atom is 0.369 e. The fourth-order valence-corrected chi connectivity index (χ4v) is 0.690. The minimum absolute atomic E-state index is 0.0833. The summed E-state index contributed by atoms with van der Waals surface area (Å²) in [6.07, 6.45) is 1.46. The van der Waals surface area contributed by atoms with Crippen molar-refractivity contribution in [2.45, 2.75) is 0 Å². The normalized spacial score (nSPS) is 9.00. The van der Waals surface area contributed by atoms with Crippen LogP contribution in [0.3, 0.4) is 0 Å². The van der Waals surface area contributed by atoms with Crippen LogP contribution in [-0.2, 0) is 9.13 Å². The number of H-pyrrole nitrogens is 1. The lowest BCUT2D eigenvalue weighted by molar-refractivity contribution is 0.522. The van der Waals surface area contributed by atoms with E-state index in [0.717, 1.165) is 0 Å². The number of hydrogen-bond donors (Lipinski definition) is 1. The van der Waals surface area contributed by atoms with Gasteiger partial charge < -0.3 is 0 Å². The minimum Gasteiger partial charge on any atom is -0.285 e. The molecule has 1 N–H and O–H groups in total. The number of nitrogens with zero attached hydrogens (tertiary/aromatic N) is 1. The molecule has 42 valence electrons. The summed E-state index contributed by atoms with van der Waals surface area (Å²) in [5.74, 6) is 0. The van der Waals surface area contributed by atoms with E-state index in [1.165, 1.54) is 12.3 Å². The summed E-state index contributed by atoms with van der Waals surface area (Å²) in [5, 5.41) is 5.77. The summed E-state index contributed by atoms with van der Waals surface area (Å²) >= 11 is 0. The molecule has 0 spiro atoms. The van der Waals surface area contributed by atoms with Crippen molar-refractivity contribution in [3.8, 4) is 0 Å². The van der Waals surface area contributed by atoms with Crippen LogP contribution in [0, 0.1) is 0 Å². The fourth-order valence-electron chi connectivity index (χ4n) is 0.354. The van der Waals surface area contributed by atoms with Gasteiger partial charge in [0, 0.05) is 6.20 Å². The Morgan fingerprint density at radius 3 is 2.62 bits per heavy atom. The molecule has 0 amide bonds. The van der Waals surface area contributed by atoms with Gasteiger partial charge in [0.25, 0.3) is 0 Å². The van der Waals surface area contributed by atoms with Gasteiger partial charge in [-0.1, -0.05) is 0 Å². The van der Waals surface area contributed by atoms with Crippen LogP contribution < -0.4 is 5.44 Å². The van der Waals surface area contributed by atoms with E-state index < -0.39 is 7.68 Å². The standard InChI is InChI=1S/C3H3N2O2P/c6-8(7)3-1-2-4-5-3/h1-2H,(H,4,5). The number of aromatic nitrogens is 2. The molecule has 0 saturated carbocycles. The molecule has 0 aliphatic carbocycles. The van der Waals surface area contributed by atoms with Crippen molar-refractivity contribution in [1.29, 1.82) is 0 Å². The molecule has 0 fully saturated rings. The lowest BCUT2D eigenvalue weighted by Crippen LogP contribution is -1.90. The van der Waals surface area contributed by atoms with Gasteiger partial charge in [0.05, 0.1) is 0 Å². The Balaban J connectivity index is 3.11. The van der Waals surface area contributed by atoms with Gasteiger partial charge in [-0.3, -0.25) is 5.10 Å². The van der Waals surface area contributed by atoms with E-state index in [9.17, 15) is 9.13 Å². The van der Waals surface area contributed by atoms with Crippen LogP contribution in [0.1, 0.15) is 0 Å². The molecular weight excluding hydrogens is 127 g/mol. The molecule has 0 aliphatic rings. The largest absolute Gasteiger partial charge is 0.369 e. The van der Waals surface area contributed by atoms with Crippen LogP contribution in [0.4, 0.5) is 0 Å². The van der Waals surface area contributed by atoms with Gasteiger partial charge in [0.15, 0.2) is 5.44 Å². The van der Waals surface area contributed by atoms with E-state index in [1.807, 2.05) is 0 Å². The third-order valence-corrected chi connectivity index (χ3v) is 1.30. The molecule has 1 heterocycles. The second-order valence-electron chi connectivity index (χ2n) is 1.19. The Labute approximate surface area is 45.7 Å². The van der Waals surface area contributed by atoms with E-state index in [1.54, 1.807) is 0 Å². The number of nitrogens with one attached hydrogen (secondary N) is 1. The van der Waals surface area contributed by atoms with Crippen molar-refractivity contribution in [3.63, 3.8) is 0 Å². The lowest BCUT2D eigenvalue weighted by atomic mass is 10.8. The Morgan fingerprint density at radius 2 is 2.38 bits per heavy atom. The molecule has 1 rings (SSSR count). The van der Waals surface area contributed by atoms with Gasteiger partial charge in [-0.05, 0) is 6.07 Å². The van der Waals surface area contributed by atoms with Crippen molar-refractivity contribution in [1.82, 2.24) is 10.2 Å². The second-order valence-corrected chi connectivity index (χ2v) is 2.16. The van der Waals surface area contributed by atoms with Gasteiger partial charge >= 0.3 is 7.68 Å². The van der Waals surface area contributed by atoms with E-state index in [2.05, 4.69) is 10.2 Å². The summed E-state index contributed by atoms with van der Waals surface area (Å²) in [6, 6.07) is 1.39. The third-order valence-electron chi connectivity index (χ3n) is 0.673. The first-order chi connectivity index (χ1) is 3.80. The first-order valence-electron chi connectivity index (χ1n) is 1.95. The zero-order chi connectivity index (χ0) is 5.98. The maximum atomic E-state index is 10.0. The molecule has 5 heteroatoms. The molecule has 1 aromatic rings. The number of aromatic amines is 1. The lowest BCUT2D eigenvalue weighted by Gasteiger charge is -1.65. The molecular formula is C3H3N2O2P. The highest BCUT2D eigenvalue weighted by atomic mass is 31.1. The second kappa shape index (κ2) is 1.92. The van der Waals surface area contributed by atoms with E-state index in [4.69, 9.17) is 0 Å². The van der Waals surface area contributed by atoms with Crippen LogP contribution in [0.2, 0.25) is 0 Å². The van der Waals surface area contributed by atoms with Gasteiger partial charge in [-0.25, -0.2) is 9.13 Å². The smallest absolute Gasteiger partial charge is 0.285 e. The predicted octanol–water partition coefficient (Wildman–Crippen LogP) is 0.208. The Hall–Kier alpha value is -0.890. The van der Waals surface area contributed by atoms with Gasteiger partial charge in [0.1, 0.15) is 0 Å². The van der Waals surface area contributed by atoms with Gasteiger partial charge in [-0.15, -0.1) is 0 Å². The zero-order valence-electron chi connectivity index (χ0n) is 3.87. The van der Waals surface area contributed by atoms with Crippen molar-refractivity contribution in [3.05, 3.63) is 12.3 Å². The van der Waals surface area contributed by atoms with Crippen LogP contribution in [0.5, 0.6) is 0 Å². The fraction of sp³-hybridized carbons (Fsp3) is 0. The third kappa shape index (κ3) is 0.845. The molecule has 4 nitrogen and oxygen atoms in total. The van der Waals surface area contributed by atoms with Gasteiger partial charge in [0.2, 0.25) is 0 Å². The predicted molar refractivity (Wildman–Crippen MR) is 26.5 cm³/mol. The van der Waals surface area contributed by atoms with Gasteiger partial charge in [-0.2, -0.15) is 5.10 Å². The summed E-state index contributed by atoms with van der Waals surface area (Å²) in [4.78, 5) is 0. The Kier molecular flexibility index (Phi) is 1.26. The highest BCUT2D eigenvalue weighted by Gasteiger charge is 1.96. The van der Waals surface area contributed by atoms with Crippen molar-refractivity contribution < 1.29 is 9.13 Å². The summed E-state index contributed by atoms with van der Waals surface area (Å²) < 4.78 is 20.0. The molecule has 0 bridgehead atoms. The van der Waals surface area contributed by atoms with Crippen LogP contribution in [-0.4, -0.2) is 10.2 Å². The highest BCUT2D eigenvalue weighted by molar-refractivity contribution is 7.40. The Morgan fingerprint density at radius 1 is 1.62 bits per heavy atom. The average molecular weight is 130 g/mol. The molecule has 0 aromatic carbocycles. The van der Waals surface area contributed by atoms with Crippen LogP contribution in [0.15, 0.2) is 12.3 Å². The molecule has 0 unspecified atom stereocenters. The molecule has 0 radical (unpaired) electrons.